The van der Waals surface area contributed by atoms with Crippen LogP contribution in [0.3, 0.4) is 0 Å². The summed E-state index contributed by atoms with van der Waals surface area (Å²) in [6, 6.07) is 4.32. The molecule has 1 aromatic rings. The van der Waals surface area contributed by atoms with Crippen molar-refractivity contribution in [3.63, 3.8) is 0 Å². The van der Waals surface area contributed by atoms with Crippen molar-refractivity contribution in [2.75, 3.05) is 19.6 Å². The molecular formula is C24H36N2O2. The van der Waals surface area contributed by atoms with E-state index in [0.717, 1.165) is 67.5 Å². The van der Waals surface area contributed by atoms with Gasteiger partial charge in [-0.15, -0.1) is 0 Å². The van der Waals surface area contributed by atoms with Gasteiger partial charge < -0.3 is 9.73 Å². The van der Waals surface area contributed by atoms with Gasteiger partial charge in [0.2, 0.25) is 5.91 Å². The number of carbonyl (C=O) groups excluding carboxylic acids is 1. The molecule has 4 heteroatoms. The maximum atomic E-state index is 13.4. The number of aryl methyl sites for hydroxylation is 1. The molecule has 4 saturated carbocycles. The molecule has 6 rings (SSSR count). The molecule has 2 heterocycles. The van der Waals surface area contributed by atoms with Crippen LogP contribution in [0.2, 0.25) is 0 Å². The summed E-state index contributed by atoms with van der Waals surface area (Å²) in [6.07, 6.45) is 10.0. The standard InChI is InChI=1S/C24H36N2O2/c1-16-5-7-26(8-6-16)21(22-4-3-17(2)28-22)15-25-23(27)24-12-18-9-19(13-24)11-20(10-18)14-24/h3-4,16,18-21H,5-15H2,1-2H3,(H,25,27)/t18?,19?,20?,21-,24?/m0/s1. The molecular weight excluding hydrogens is 348 g/mol. The minimum absolute atomic E-state index is 0.0607. The molecule has 4 bridgehead atoms. The van der Waals surface area contributed by atoms with E-state index in [0.29, 0.717) is 12.5 Å². The maximum Gasteiger partial charge on any atom is 0.226 e. The van der Waals surface area contributed by atoms with Crippen LogP contribution in [0.1, 0.15) is 75.9 Å². The second kappa shape index (κ2) is 7.19. The van der Waals surface area contributed by atoms with Crippen LogP contribution in [-0.2, 0) is 4.79 Å². The molecule has 1 N–H and O–H groups in total. The van der Waals surface area contributed by atoms with Crippen LogP contribution in [0.4, 0.5) is 0 Å². The van der Waals surface area contributed by atoms with Crippen molar-refractivity contribution in [3.05, 3.63) is 23.7 Å². The number of carbonyl (C=O) groups is 1. The molecule has 1 saturated heterocycles. The summed E-state index contributed by atoms with van der Waals surface area (Å²) in [5.74, 6) is 5.54. The maximum absolute atomic E-state index is 13.4. The Kier molecular flexibility index (Phi) is 4.81. The number of piperidine rings is 1. The summed E-state index contributed by atoms with van der Waals surface area (Å²) >= 11 is 0. The zero-order valence-electron chi connectivity index (χ0n) is 17.6. The number of furan rings is 1. The predicted molar refractivity (Wildman–Crippen MR) is 110 cm³/mol. The first-order valence-corrected chi connectivity index (χ1v) is 11.6. The van der Waals surface area contributed by atoms with Gasteiger partial charge in [-0.1, -0.05) is 6.92 Å². The van der Waals surface area contributed by atoms with Gasteiger partial charge >= 0.3 is 0 Å². The normalized spacial score (nSPS) is 36.6. The molecule has 4 aliphatic carbocycles. The van der Waals surface area contributed by atoms with Gasteiger partial charge in [0.05, 0.1) is 6.04 Å². The molecule has 1 aromatic heterocycles. The first kappa shape index (κ1) is 18.7. The van der Waals surface area contributed by atoms with Crippen molar-refractivity contribution in [2.24, 2.45) is 29.1 Å². The predicted octanol–water partition coefficient (Wildman–Crippen LogP) is 4.69. The van der Waals surface area contributed by atoms with Gasteiger partial charge in [-0.25, -0.2) is 0 Å². The van der Waals surface area contributed by atoms with Crippen LogP contribution in [-0.4, -0.2) is 30.4 Å². The molecule has 1 aliphatic heterocycles. The minimum Gasteiger partial charge on any atom is -0.465 e. The Hall–Kier alpha value is -1.29. The highest BCUT2D eigenvalue weighted by Crippen LogP contribution is 2.60. The molecule has 154 valence electrons. The minimum atomic E-state index is -0.0607. The fourth-order valence-corrected chi connectivity index (χ4v) is 7.15. The number of amides is 1. The van der Waals surface area contributed by atoms with Crippen LogP contribution in [0, 0.1) is 36.0 Å². The largest absolute Gasteiger partial charge is 0.465 e. The molecule has 0 unspecified atom stereocenters. The summed E-state index contributed by atoms with van der Waals surface area (Å²) in [4.78, 5) is 15.9. The topological polar surface area (TPSA) is 45.5 Å². The highest BCUT2D eigenvalue weighted by molar-refractivity contribution is 5.83. The fourth-order valence-electron chi connectivity index (χ4n) is 7.15. The Bertz CT molecular complexity index is 681. The van der Waals surface area contributed by atoms with Gasteiger partial charge in [-0.3, -0.25) is 9.69 Å². The Balaban J connectivity index is 1.29. The van der Waals surface area contributed by atoms with Gasteiger partial charge in [-0.2, -0.15) is 0 Å². The first-order chi connectivity index (χ1) is 13.5. The number of hydrogen-bond donors (Lipinski definition) is 1. The van der Waals surface area contributed by atoms with Crippen molar-refractivity contribution in [3.8, 4) is 0 Å². The molecule has 5 fully saturated rings. The lowest BCUT2D eigenvalue weighted by molar-refractivity contribution is -0.146. The highest BCUT2D eigenvalue weighted by Gasteiger charge is 2.54. The lowest BCUT2D eigenvalue weighted by Crippen LogP contribution is -2.54. The third kappa shape index (κ3) is 3.42. The number of hydrogen-bond acceptors (Lipinski definition) is 3. The highest BCUT2D eigenvalue weighted by atomic mass is 16.3. The molecule has 0 aromatic carbocycles. The molecule has 1 atom stereocenters. The molecule has 0 spiro atoms. The van der Waals surface area contributed by atoms with Crippen molar-refractivity contribution < 1.29 is 9.21 Å². The Morgan fingerprint density at radius 2 is 1.75 bits per heavy atom. The summed E-state index contributed by atoms with van der Waals surface area (Å²) in [5, 5.41) is 3.42. The van der Waals surface area contributed by atoms with Crippen LogP contribution in [0.15, 0.2) is 16.5 Å². The molecule has 1 amide bonds. The van der Waals surface area contributed by atoms with Crippen LogP contribution in [0.25, 0.3) is 0 Å². The van der Waals surface area contributed by atoms with E-state index in [4.69, 9.17) is 4.42 Å². The van der Waals surface area contributed by atoms with Crippen LogP contribution in [0.5, 0.6) is 0 Å². The Morgan fingerprint density at radius 1 is 1.14 bits per heavy atom. The van der Waals surface area contributed by atoms with E-state index in [1.54, 1.807) is 0 Å². The third-order valence-electron chi connectivity index (χ3n) is 8.32. The van der Waals surface area contributed by atoms with Gasteiger partial charge in [0.25, 0.3) is 0 Å². The number of rotatable bonds is 5. The average Bonchev–Trinajstić information content (AvgIpc) is 3.08. The molecule has 5 aliphatic rings. The van der Waals surface area contributed by atoms with Crippen LogP contribution >= 0.6 is 0 Å². The Morgan fingerprint density at radius 3 is 2.29 bits per heavy atom. The summed E-state index contributed by atoms with van der Waals surface area (Å²) in [5.41, 5.74) is -0.0607. The average molecular weight is 385 g/mol. The Labute approximate surface area is 169 Å². The van der Waals surface area contributed by atoms with E-state index in [-0.39, 0.29) is 11.5 Å². The van der Waals surface area contributed by atoms with E-state index >= 15 is 0 Å². The number of nitrogens with zero attached hydrogens (tertiary/aromatic N) is 1. The lowest BCUT2D eigenvalue weighted by Gasteiger charge is -2.55. The van der Waals surface area contributed by atoms with E-state index < -0.39 is 0 Å². The van der Waals surface area contributed by atoms with Crippen molar-refractivity contribution >= 4 is 5.91 Å². The van der Waals surface area contributed by atoms with E-state index in [2.05, 4.69) is 29.3 Å². The zero-order valence-corrected chi connectivity index (χ0v) is 17.6. The lowest BCUT2D eigenvalue weighted by atomic mass is 9.49. The van der Waals surface area contributed by atoms with Crippen molar-refractivity contribution in [1.29, 1.82) is 0 Å². The van der Waals surface area contributed by atoms with Gasteiger partial charge in [0.1, 0.15) is 11.5 Å². The number of nitrogens with one attached hydrogen (secondary N) is 1. The molecule has 4 nitrogen and oxygen atoms in total. The summed E-state index contributed by atoms with van der Waals surface area (Å²) in [6.45, 7) is 7.23. The molecule has 0 radical (unpaired) electrons. The van der Waals surface area contributed by atoms with Crippen LogP contribution < -0.4 is 5.32 Å². The SMILES string of the molecule is Cc1ccc([C@H](CNC(=O)C23CC4CC(CC(C4)C2)C3)N2CCC(C)CC2)o1. The summed E-state index contributed by atoms with van der Waals surface area (Å²) in [7, 11) is 0. The third-order valence-corrected chi connectivity index (χ3v) is 8.32. The second-order valence-corrected chi connectivity index (χ2v) is 10.6. The van der Waals surface area contributed by atoms with E-state index in [1.807, 2.05) is 6.92 Å². The van der Waals surface area contributed by atoms with Gasteiger partial charge in [-0.05, 0) is 107 Å². The first-order valence-electron chi connectivity index (χ1n) is 11.6. The van der Waals surface area contributed by atoms with Gasteiger partial charge in [0, 0.05) is 12.0 Å². The monoisotopic (exact) mass is 384 g/mol. The van der Waals surface area contributed by atoms with E-state index in [1.165, 1.54) is 32.1 Å². The number of likely N-dealkylation sites (tertiary alicyclic amines) is 1. The smallest absolute Gasteiger partial charge is 0.226 e. The quantitative estimate of drug-likeness (QED) is 0.801. The second-order valence-electron chi connectivity index (χ2n) is 10.6. The van der Waals surface area contributed by atoms with Gasteiger partial charge in [0.15, 0.2) is 0 Å². The van der Waals surface area contributed by atoms with Crippen molar-refractivity contribution in [2.45, 2.75) is 71.3 Å². The molecule has 28 heavy (non-hydrogen) atoms. The zero-order chi connectivity index (χ0) is 19.3. The van der Waals surface area contributed by atoms with Crippen molar-refractivity contribution in [1.82, 2.24) is 10.2 Å². The van der Waals surface area contributed by atoms with E-state index in [9.17, 15) is 4.79 Å². The summed E-state index contributed by atoms with van der Waals surface area (Å²) < 4.78 is 6.01. The fraction of sp³-hybridized carbons (Fsp3) is 0.792.